The van der Waals surface area contributed by atoms with Gasteiger partial charge in [-0.25, -0.2) is 9.78 Å². The molecule has 28 heavy (non-hydrogen) atoms. The van der Waals surface area contributed by atoms with E-state index >= 15 is 0 Å². The first-order valence-electron chi connectivity index (χ1n) is 8.37. The van der Waals surface area contributed by atoms with E-state index in [9.17, 15) is 13.6 Å². The van der Waals surface area contributed by atoms with Crippen molar-refractivity contribution in [3.05, 3.63) is 52.3 Å². The van der Waals surface area contributed by atoms with Gasteiger partial charge in [-0.05, 0) is 47.1 Å². The van der Waals surface area contributed by atoms with Crippen LogP contribution in [0.1, 0.15) is 29.7 Å². The van der Waals surface area contributed by atoms with E-state index in [4.69, 9.17) is 14.2 Å². The number of benzene rings is 2. The van der Waals surface area contributed by atoms with Crippen molar-refractivity contribution in [2.45, 2.75) is 20.1 Å². The molecule has 9 heteroatoms. The Bertz CT molecular complexity index is 1010. The summed E-state index contributed by atoms with van der Waals surface area (Å²) >= 11 is 3.33. The quantitative estimate of drug-likeness (QED) is 0.472. The average Bonchev–Trinajstić information content (AvgIpc) is 3.06. The Morgan fingerprint density at radius 2 is 2.04 bits per heavy atom. The minimum absolute atomic E-state index is 0.0403. The molecule has 0 radical (unpaired) electrons. The normalized spacial score (nSPS) is 11.1. The largest absolute Gasteiger partial charge is 0.493 e. The van der Waals surface area contributed by atoms with E-state index in [1.54, 1.807) is 18.2 Å². The summed E-state index contributed by atoms with van der Waals surface area (Å²) in [5.74, 6) is 0.0699. The molecular formula is C19H17BrF2N2O4. The zero-order valence-corrected chi connectivity index (χ0v) is 16.7. The van der Waals surface area contributed by atoms with E-state index in [1.807, 2.05) is 6.92 Å². The standard InChI is InChI=1S/C19H17BrF2N2O4/c1-3-27-17-12(20)8-11(9-15(17)26-2)18(25)28-10-16-23-13-6-4-5-7-14(13)24(16)19(21)22/h4-9,19H,3,10H2,1-2H3. The molecule has 0 aliphatic rings. The molecule has 1 aromatic heterocycles. The second kappa shape index (κ2) is 8.55. The molecule has 0 atom stereocenters. The van der Waals surface area contributed by atoms with Gasteiger partial charge in [-0.15, -0.1) is 0 Å². The average molecular weight is 455 g/mol. The molecular weight excluding hydrogens is 438 g/mol. The number of rotatable bonds is 7. The fourth-order valence-corrected chi connectivity index (χ4v) is 3.31. The summed E-state index contributed by atoms with van der Waals surface area (Å²) in [6.45, 7) is -0.961. The van der Waals surface area contributed by atoms with Gasteiger partial charge in [0.2, 0.25) is 0 Å². The van der Waals surface area contributed by atoms with Crippen molar-refractivity contribution in [3.63, 3.8) is 0 Å². The highest BCUT2D eigenvalue weighted by Crippen LogP contribution is 2.37. The van der Waals surface area contributed by atoms with Gasteiger partial charge in [-0.3, -0.25) is 4.57 Å². The number of imidazole rings is 1. The van der Waals surface area contributed by atoms with Crippen LogP contribution in [0.25, 0.3) is 11.0 Å². The van der Waals surface area contributed by atoms with Gasteiger partial charge >= 0.3 is 12.5 Å². The topological polar surface area (TPSA) is 62.6 Å². The van der Waals surface area contributed by atoms with Crippen LogP contribution in [0.4, 0.5) is 8.78 Å². The van der Waals surface area contributed by atoms with Gasteiger partial charge in [0.25, 0.3) is 0 Å². The molecule has 3 aromatic rings. The predicted molar refractivity (Wildman–Crippen MR) is 102 cm³/mol. The Labute approximate surface area is 168 Å². The van der Waals surface area contributed by atoms with Crippen LogP contribution in [-0.2, 0) is 11.3 Å². The lowest BCUT2D eigenvalue weighted by atomic mass is 10.2. The zero-order chi connectivity index (χ0) is 20.3. The van der Waals surface area contributed by atoms with Crippen LogP contribution in [0, 0.1) is 0 Å². The molecule has 6 nitrogen and oxygen atoms in total. The molecule has 0 amide bonds. The van der Waals surface area contributed by atoms with E-state index in [0.717, 1.165) is 4.57 Å². The number of nitrogens with zero attached hydrogens (tertiary/aromatic N) is 2. The van der Waals surface area contributed by atoms with Crippen molar-refractivity contribution in [1.29, 1.82) is 0 Å². The van der Waals surface area contributed by atoms with Gasteiger partial charge in [0.05, 0.1) is 34.8 Å². The highest BCUT2D eigenvalue weighted by Gasteiger charge is 2.20. The Balaban J connectivity index is 1.84. The molecule has 0 bridgehead atoms. The molecule has 0 spiro atoms. The van der Waals surface area contributed by atoms with Gasteiger partial charge in [0, 0.05) is 0 Å². The maximum Gasteiger partial charge on any atom is 0.338 e. The van der Waals surface area contributed by atoms with Crippen molar-refractivity contribution < 1.29 is 27.8 Å². The molecule has 2 aromatic carbocycles. The number of alkyl halides is 2. The third-order valence-electron chi connectivity index (χ3n) is 3.95. The smallest absolute Gasteiger partial charge is 0.338 e. The van der Waals surface area contributed by atoms with Crippen LogP contribution in [0.5, 0.6) is 11.5 Å². The minimum atomic E-state index is -2.80. The van der Waals surface area contributed by atoms with E-state index in [2.05, 4.69) is 20.9 Å². The van der Waals surface area contributed by atoms with Gasteiger partial charge in [-0.2, -0.15) is 8.78 Å². The first-order valence-corrected chi connectivity index (χ1v) is 9.17. The van der Waals surface area contributed by atoms with Crippen LogP contribution < -0.4 is 9.47 Å². The van der Waals surface area contributed by atoms with Crippen LogP contribution in [-0.4, -0.2) is 29.2 Å². The SMILES string of the molecule is CCOc1c(Br)cc(C(=O)OCc2nc3ccccc3n2C(F)F)cc1OC. The molecule has 0 saturated carbocycles. The van der Waals surface area contributed by atoms with Gasteiger partial charge in [-0.1, -0.05) is 12.1 Å². The first kappa shape index (κ1) is 20.1. The molecule has 0 fully saturated rings. The number of aromatic nitrogens is 2. The summed E-state index contributed by atoms with van der Waals surface area (Å²) in [6, 6.07) is 9.48. The number of hydrogen-bond acceptors (Lipinski definition) is 5. The number of hydrogen-bond donors (Lipinski definition) is 0. The first-order chi connectivity index (χ1) is 13.5. The van der Waals surface area contributed by atoms with Crippen LogP contribution >= 0.6 is 15.9 Å². The molecule has 148 valence electrons. The summed E-state index contributed by atoms with van der Waals surface area (Å²) in [7, 11) is 1.45. The fourth-order valence-electron chi connectivity index (χ4n) is 2.75. The molecule has 0 unspecified atom stereocenters. The lowest BCUT2D eigenvalue weighted by Crippen LogP contribution is -2.11. The van der Waals surface area contributed by atoms with Crippen molar-refractivity contribution in [2.75, 3.05) is 13.7 Å². The third kappa shape index (κ3) is 3.94. The fraction of sp³-hybridized carbons (Fsp3) is 0.263. The van der Waals surface area contributed by atoms with E-state index in [-0.39, 0.29) is 16.9 Å². The van der Waals surface area contributed by atoms with Crippen molar-refractivity contribution >= 4 is 32.9 Å². The molecule has 1 heterocycles. The predicted octanol–water partition coefficient (Wildman–Crippen LogP) is 4.96. The van der Waals surface area contributed by atoms with Crippen LogP contribution in [0.15, 0.2) is 40.9 Å². The Morgan fingerprint density at radius 1 is 1.29 bits per heavy atom. The molecule has 0 saturated heterocycles. The number of methoxy groups -OCH3 is 1. The minimum Gasteiger partial charge on any atom is -0.493 e. The van der Waals surface area contributed by atoms with E-state index < -0.39 is 19.1 Å². The lowest BCUT2D eigenvalue weighted by molar-refractivity contribution is 0.0387. The van der Waals surface area contributed by atoms with E-state index in [0.29, 0.717) is 28.1 Å². The number of halogens is 3. The number of para-hydroxylation sites is 2. The second-order valence-corrected chi connectivity index (χ2v) is 6.52. The second-order valence-electron chi connectivity index (χ2n) is 5.66. The number of ether oxygens (including phenoxy) is 3. The highest BCUT2D eigenvalue weighted by molar-refractivity contribution is 9.10. The third-order valence-corrected chi connectivity index (χ3v) is 4.54. The summed E-state index contributed by atoms with van der Waals surface area (Å²) < 4.78 is 44.1. The lowest BCUT2D eigenvalue weighted by Gasteiger charge is -2.13. The van der Waals surface area contributed by atoms with Gasteiger partial charge < -0.3 is 14.2 Å². The molecule has 0 aliphatic carbocycles. The maximum atomic E-state index is 13.5. The van der Waals surface area contributed by atoms with Crippen molar-refractivity contribution in [1.82, 2.24) is 9.55 Å². The Kier molecular flexibility index (Phi) is 6.13. The Hall–Kier alpha value is -2.68. The molecule has 0 N–H and O–H groups in total. The Morgan fingerprint density at radius 3 is 2.71 bits per heavy atom. The number of fused-ring (bicyclic) bond motifs is 1. The summed E-state index contributed by atoms with van der Waals surface area (Å²) in [6.07, 6.45) is 0. The summed E-state index contributed by atoms with van der Waals surface area (Å²) in [5, 5.41) is 0. The number of carbonyl (C=O) groups is 1. The van der Waals surface area contributed by atoms with E-state index in [1.165, 1.54) is 25.3 Å². The van der Waals surface area contributed by atoms with Crippen LogP contribution in [0.2, 0.25) is 0 Å². The van der Waals surface area contributed by atoms with Gasteiger partial charge in [0.1, 0.15) is 6.61 Å². The van der Waals surface area contributed by atoms with Crippen LogP contribution in [0.3, 0.4) is 0 Å². The zero-order valence-electron chi connectivity index (χ0n) is 15.1. The van der Waals surface area contributed by atoms with Gasteiger partial charge in [0.15, 0.2) is 17.3 Å². The highest BCUT2D eigenvalue weighted by atomic mass is 79.9. The number of esters is 1. The monoisotopic (exact) mass is 454 g/mol. The molecule has 3 rings (SSSR count). The van der Waals surface area contributed by atoms with Crippen molar-refractivity contribution in [3.8, 4) is 11.5 Å². The maximum absolute atomic E-state index is 13.5. The van der Waals surface area contributed by atoms with Crippen molar-refractivity contribution in [2.24, 2.45) is 0 Å². The molecule has 0 aliphatic heterocycles. The number of carbonyl (C=O) groups excluding carboxylic acids is 1. The summed E-state index contributed by atoms with van der Waals surface area (Å²) in [5.41, 5.74) is 0.861. The summed E-state index contributed by atoms with van der Waals surface area (Å²) in [4.78, 5) is 16.6.